The highest BCUT2D eigenvalue weighted by Crippen LogP contribution is 1.98. The van der Waals surface area contributed by atoms with E-state index in [-0.39, 0.29) is 0 Å². The lowest BCUT2D eigenvalue weighted by Crippen LogP contribution is -2.40. The van der Waals surface area contributed by atoms with Gasteiger partial charge in [-0.15, -0.1) is 0 Å². The molecule has 0 aliphatic heterocycles. The van der Waals surface area contributed by atoms with Gasteiger partial charge in [-0.1, -0.05) is 0 Å². The molecule has 0 saturated heterocycles. The Hall–Kier alpha value is -0.710. The molecular formula is C4H7F2NO2. The monoisotopic (exact) mass is 139 g/mol. The zero-order chi connectivity index (χ0) is 7.44. The van der Waals surface area contributed by atoms with Crippen molar-refractivity contribution in [3.05, 3.63) is 0 Å². The summed E-state index contributed by atoms with van der Waals surface area (Å²) in [5.74, 6) is -1.53. The molecule has 3 nitrogen and oxygen atoms in total. The van der Waals surface area contributed by atoms with Crippen LogP contribution in [0.2, 0.25) is 0 Å². The van der Waals surface area contributed by atoms with Gasteiger partial charge in [0.1, 0.15) is 0 Å². The average molecular weight is 139 g/mol. The molecule has 0 bridgehead atoms. The molecule has 0 aromatic heterocycles. The molecular weight excluding hydrogens is 132 g/mol. The minimum Gasteiger partial charge on any atom is -0.480 e. The van der Waals surface area contributed by atoms with Crippen molar-refractivity contribution in [1.29, 1.82) is 0 Å². The van der Waals surface area contributed by atoms with Crippen molar-refractivity contribution >= 4 is 5.97 Å². The van der Waals surface area contributed by atoms with Gasteiger partial charge in [0.05, 0.1) is 0 Å². The van der Waals surface area contributed by atoms with E-state index in [1.165, 1.54) is 7.05 Å². The quantitative estimate of drug-likeness (QED) is 0.575. The van der Waals surface area contributed by atoms with E-state index < -0.39 is 18.4 Å². The van der Waals surface area contributed by atoms with Crippen LogP contribution in [0.3, 0.4) is 0 Å². The lowest BCUT2D eigenvalue weighted by atomic mass is 10.3. The third kappa shape index (κ3) is 2.36. The molecule has 0 aromatic carbocycles. The van der Waals surface area contributed by atoms with Gasteiger partial charge in [0.15, 0.2) is 6.04 Å². The van der Waals surface area contributed by atoms with E-state index in [4.69, 9.17) is 5.11 Å². The first-order valence-electron chi connectivity index (χ1n) is 2.27. The summed E-state index contributed by atoms with van der Waals surface area (Å²) in [7, 11) is 1.17. The standard InChI is InChI=1S/C4H7F2NO2/c1-7-2(3(5)6)4(8)9/h2-3,7H,1H3,(H,8,9). The van der Waals surface area contributed by atoms with Gasteiger partial charge in [-0.3, -0.25) is 4.79 Å². The first kappa shape index (κ1) is 8.29. The van der Waals surface area contributed by atoms with E-state index in [2.05, 4.69) is 0 Å². The summed E-state index contributed by atoms with van der Waals surface area (Å²) in [6, 6.07) is -1.75. The number of halogens is 2. The molecule has 9 heavy (non-hydrogen) atoms. The normalized spacial score (nSPS) is 13.8. The lowest BCUT2D eigenvalue weighted by Gasteiger charge is -2.07. The van der Waals surface area contributed by atoms with Crippen LogP contribution in [0.5, 0.6) is 0 Å². The summed E-state index contributed by atoms with van der Waals surface area (Å²) in [5.41, 5.74) is 0. The summed E-state index contributed by atoms with van der Waals surface area (Å²) in [6.45, 7) is 0. The molecule has 2 N–H and O–H groups in total. The van der Waals surface area contributed by atoms with Crippen LogP contribution in [-0.2, 0) is 4.79 Å². The Balaban J connectivity index is 3.83. The number of carboxylic acids is 1. The number of aliphatic carboxylic acids is 1. The maximum atomic E-state index is 11.5. The number of rotatable bonds is 3. The molecule has 5 heteroatoms. The van der Waals surface area contributed by atoms with Crippen molar-refractivity contribution in [1.82, 2.24) is 5.32 Å². The van der Waals surface area contributed by atoms with Gasteiger partial charge in [-0.05, 0) is 7.05 Å². The molecule has 0 rings (SSSR count). The summed E-state index contributed by atoms with van der Waals surface area (Å²) in [4.78, 5) is 9.83. The second-order valence-corrected chi connectivity index (χ2v) is 1.44. The fourth-order valence-corrected chi connectivity index (χ4v) is 0.357. The molecule has 0 aliphatic rings. The molecule has 1 unspecified atom stereocenters. The van der Waals surface area contributed by atoms with Crippen LogP contribution in [0.25, 0.3) is 0 Å². The van der Waals surface area contributed by atoms with E-state index in [0.29, 0.717) is 0 Å². The van der Waals surface area contributed by atoms with Gasteiger partial charge in [-0.2, -0.15) is 0 Å². The summed E-state index contributed by atoms with van der Waals surface area (Å²) < 4.78 is 23.0. The van der Waals surface area contributed by atoms with E-state index in [1.54, 1.807) is 0 Å². The predicted octanol–water partition coefficient (Wildman–Crippen LogP) is -0.0759. The van der Waals surface area contributed by atoms with E-state index in [9.17, 15) is 13.6 Å². The van der Waals surface area contributed by atoms with E-state index >= 15 is 0 Å². The number of likely N-dealkylation sites (N-methyl/N-ethyl adjacent to an activating group) is 1. The maximum Gasteiger partial charge on any atom is 0.326 e. The second-order valence-electron chi connectivity index (χ2n) is 1.44. The van der Waals surface area contributed by atoms with Crippen LogP contribution in [-0.4, -0.2) is 30.6 Å². The molecule has 0 aromatic rings. The van der Waals surface area contributed by atoms with Crippen LogP contribution < -0.4 is 5.32 Å². The predicted molar refractivity (Wildman–Crippen MR) is 26.5 cm³/mol. The Morgan fingerprint density at radius 2 is 2.11 bits per heavy atom. The Kier molecular flexibility index (Phi) is 3.08. The largest absolute Gasteiger partial charge is 0.480 e. The highest BCUT2D eigenvalue weighted by Gasteiger charge is 2.25. The van der Waals surface area contributed by atoms with Gasteiger partial charge in [0.2, 0.25) is 0 Å². The van der Waals surface area contributed by atoms with E-state index in [1.807, 2.05) is 5.32 Å². The number of hydrogen-bond donors (Lipinski definition) is 2. The van der Waals surface area contributed by atoms with Gasteiger partial charge >= 0.3 is 5.97 Å². The number of carbonyl (C=O) groups is 1. The van der Waals surface area contributed by atoms with Gasteiger partial charge in [0.25, 0.3) is 6.43 Å². The summed E-state index contributed by atoms with van der Waals surface area (Å²) in [6.07, 6.45) is -2.85. The van der Waals surface area contributed by atoms with Crippen molar-refractivity contribution in [3.63, 3.8) is 0 Å². The van der Waals surface area contributed by atoms with Crippen LogP contribution >= 0.6 is 0 Å². The Morgan fingerprint density at radius 3 is 2.11 bits per heavy atom. The lowest BCUT2D eigenvalue weighted by molar-refractivity contribution is -0.143. The Morgan fingerprint density at radius 1 is 1.67 bits per heavy atom. The molecule has 0 saturated carbocycles. The minimum absolute atomic E-state index is 1.17. The van der Waals surface area contributed by atoms with Crippen molar-refractivity contribution in [2.75, 3.05) is 7.05 Å². The Labute approximate surface area is 50.7 Å². The second kappa shape index (κ2) is 3.34. The highest BCUT2D eigenvalue weighted by molar-refractivity contribution is 5.73. The Bertz CT molecular complexity index is 107. The average Bonchev–Trinajstić information content (AvgIpc) is 1.64. The van der Waals surface area contributed by atoms with Gasteiger partial charge in [-0.25, -0.2) is 8.78 Å². The maximum absolute atomic E-state index is 11.5. The SMILES string of the molecule is CNC(C(=O)O)C(F)F. The topological polar surface area (TPSA) is 49.3 Å². The zero-order valence-electron chi connectivity index (χ0n) is 4.77. The molecule has 0 fully saturated rings. The van der Waals surface area contributed by atoms with Crippen LogP contribution in [0, 0.1) is 0 Å². The number of carboxylic acid groups (broad SMARTS) is 1. The van der Waals surface area contributed by atoms with Crippen LogP contribution in [0.15, 0.2) is 0 Å². The van der Waals surface area contributed by atoms with E-state index in [0.717, 1.165) is 0 Å². The highest BCUT2D eigenvalue weighted by atomic mass is 19.3. The fourth-order valence-electron chi connectivity index (χ4n) is 0.357. The molecule has 1 atom stereocenters. The number of hydrogen-bond acceptors (Lipinski definition) is 2. The van der Waals surface area contributed by atoms with Gasteiger partial charge < -0.3 is 10.4 Å². The van der Waals surface area contributed by atoms with Crippen molar-refractivity contribution in [3.8, 4) is 0 Å². The summed E-state index contributed by atoms with van der Waals surface area (Å²) in [5, 5.41) is 9.95. The molecule has 0 heterocycles. The minimum atomic E-state index is -2.85. The third-order valence-electron chi connectivity index (χ3n) is 0.829. The van der Waals surface area contributed by atoms with Crippen molar-refractivity contribution in [2.24, 2.45) is 0 Å². The molecule has 0 spiro atoms. The smallest absolute Gasteiger partial charge is 0.326 e. The molecule has 0 aliphatic carbocycles. The number of alkyl halides is 2. The first-order chi connectivity index (χ1) is 4.09. The molecule has 0 amide bonds. The van der Waals surface area contributed by atoms with Crippen LogP contribution in [0.4, 0.5) is 8.78 Å². The first-order valence-corrected chi connectivity index (χ1v) is 2.27. The molecule has 54 valence electrons. The summed E-state index contributed by atoms with van der Waals surface area (Å²) >= 11 is 0. The fraction of sp³-hybridized carbons (Fsp3) is 0.750. The number of nitrogens with one attached hydrogen (secondary N) is 1. The molecule has 0 radical (unpaired) electrons. The van der Waals surface area contributed by atoms with Crippen LogP contribution in [0.1, 0.15) is 0 Å². The zero-order valence-corrected chi connectivity index (χ0v) is 4.77. The van der Waals surface area contributed by atoms with Gasteiger partial charge in [0, 0.05) is 0 Å². The van der Waals surface area contributed by atoms with Crippen molar-refractivity contribution < 1.29 is 18.7 Å². The third-order valence-corrected chi connectivity index (χ3v) is 0.829. The van der Waals surface area contributed by atoms with Crippen molar-refractivity contribution in [2.45, 2.75) is 12.5 Å².